The maximum absolute atomic E-state index is 2.58. The van der Waals surface area contributed by atoms with E-state index in [-0.39, 0.29) is 6.04 Å². The van der Waals surface area contributed by atoms with E-state index in [4.69, 9.17) is 0 Å². The molecule has 0 saturated heterocycles. The van der Waals surface area contributed by atoms with E-state index in [1.807, 2.05) is 11.3 Å². The van der Waals surface area contributed by atoms with Gasteiger partial charge in [0.25, 0.3) is 0 Å². The molecule has 0 N–H and O–H groups in total. The minimum Gasteiger partial charge on any atom is -0.318 e. The molecular weight excluding hydrogens is 565 g/mol. The molecule has 3 aliphatic rings. The minimum absolute atomic E-state index is 0.0938. The number of thiophene rings is 1. The fraction of sp³-hybridized carbons (Fsp3) is 0.0238. The van der Waals surface area contributed by atoms with Crippen molar-refractivity contribution in [1.82, 2.24) is 4.58 Å². The molecule has 1 atom stereocenters. The first-order valence-electron chi connectivity index (χ1n) is 15.5. The lowest BCUT2D eigenvalue weighted by Gasteiger charge is -2.32. The average molecular weight is 592 g/mol. The summed E-state index contributed by atoms with van der Waals surface area (Å²) >= 11 is 1.92. The number of anilines is 2. The van der Waals surface area contributed by atoms with Crippen LogP contribution in [0.2, 0.25) is 0 Å². The van der Waals surface area contributed by atoms with E-state index >= 15 is 0 Å². The highest BCUT2D eigenvalue weighted by Gasteiger charge is 2.49. The van der Waals surface area contributed by atoms with Gasteiger partial charge in [-0.1, -0.05) is 109 Å². The Morgan fingerprint density at radius 3 is 2.04 bits per heavy atom. The maximum atomic E-state index is 2.58. The lowest BCUT2D eigenvalue weighted by Crippen LogP contribution is -2.43. The van der Waals surface area contributed by atoms with Crippen molar-refractivity contribution in [3.05, 3.63) is 163 Å². The predicted molar refractivity (Wildman–Crippen MR) is 193 cm³/mol. The molecule has 2 nitrogen and oxygen atoms in total. The smallest absolute Gasteiger partial charge is 0.235 e. The fourth-order valence-corrected chi connectivity index (χ4v) is 8.83. The molecule has 6 aromatic carbocycles. The van der Waals surface area contributed by atoms with Crippen LogP contribution in [-0.2, 0) is 0 Å². The second kappa shape index (κ2) is 9.49. The number of rotatable bonds is 3. The fourth-order valence-electron chi connectivity index (χ4n) is 7.57. The highest BCUT2D eigenvalue weighted by molar-refractivity contribution is 7.26. The van der Waals surface area contributed by atoms with Gasteiger partial charge in [-0.15, -0.1) is 11.3 Å². The number of hydrogen-bond acceptors (Lipinski definition) is 2. The molecule has 0 spiro atoms. The Labute approximate surface area is 265 Å². The third-order valence-electron chi connectivity index (χ3n) is 9.48. The van der Waals surface area contributed by atoms with Crippen LogP contribution in [0.1, 0.15) is 5.56 Å². The Bertz CT molecular complexity index is 2370. The van der Waals surface area contributed by atoms with Gasteiger partial charge < -0.3 is 4.90 Å². The van der Waals surface area contributed by atoms with Crippen LogP contribution in [0.3, 0.4) is 0 Å². The molecule has 210 valence electrons. The lowest BCUT2D eigenvalue weighted by molar-refractivity contribution is 0.932. The van der Waals surface area contributed by atoms with E-state index in [2.05, 4.69) is 167 Å². The van der Waals surface area contributed by atoms with Gasteiger partial charge in [-0.25, -0.2) is 0 Å². The van der Waals surface area contributed by atoms with Gasteiger partial charge in [0.15, 0.2) is 0 Å². The number of allylic oxidation sites excluding steroid dienone is 2. The van der Waals surface area contributed by atoms with Gasteiger partial charge in [0.2, 0.25) is 17.1 Å². The third kappa shape index (κ3) is 3.59. The molecule has 7 aromatic rings. The average Bonchev–Trinajstić information content (AvgIpc) is 3.66. The van der Waals surface area contributed by atoms with Gasteiger partial charge in [-0.2, -0.15) is 4.58 Å². The second-order valence-corrected chi connectivity index (χ2v) is 13.0. The van der Waals surface area contributed by atoms with Crippen LogP contribution in [0, 0.1) is 0 Å². The van der Waals surface area contributed by atoms with E-state index < -0.39 is 0 Å². The van der Waals surface area contributed by atoms with Crippen LogP contribution in [0.4, 0.5) is 22.7 Å². The van der Waals surface area contributed by atoms with Crippen molar-refractivity contribution in [3.8, 4) is 22.3 Å². The van der Waals surface area contributed by atoms with E-state index in [0.29, 0.717) is 0 Å². The van der Waals surface area contributed by atoms with Crippen molar-refractivity contribution in [1.29, 1.82) is 0 Å². The van der Waals surface area contributed by atoms with Gasteiger partial charge in [0.05, 0.1) is 5.69 Å². The summed E-state index contributed by atoms with van der Waals surface area (Å²) in [6.07, 6.45) is 6.92. The summed E-state index contributed by atoms with van der Waals surface area (Å²) in [7, 11) is 0. The molecule has 3 heteroatoms. The molecule has 45 heavy (non-hydrogen) atoms. The van der Waals surface area contributed by atoms with Crippen LogP contribution >= 0.6 is 11.3 Å². The standard InChI is InChI=1S/C42H27N2S/c1-3-12-27(13-4-1)29-24-30(28-14-5-2-6-15-28)26-31(25-29)43-35-18-8-9-19-36(35)44-37-23-22-33-32-16-7-10-21-39(32)45-42(33)40(37)34-17-11-20-38(43)41(34)44/h1-26,41H/q+1. The Kier molecular flexibility index (Phi) is 5.25. The summed E-state index contributed by atoms with van der Waals surface area (Å²) in [5, 5.41) is 2.69. The van der Waals surface area contributed by atoms with Crippen molar-refractivity contribution in [2.24, 2.45) is 0 Å². The normalized spacial score (nSPS) is 16.1. The minimum atomic E-state index is 0.0938. The van der Waals surface area contributed by atoms with Gasteiger partial charge in [-0.3, -0.25) is 0 Å². The number of hydrogen-bond donors (Lipinski definition) is 0. The van der Waals surface area contributed by atoms with Gasteiger partial charge in [-0.05, 0) is 52.1 Å². The van der Waals surface area contributed by atoms with Crippen LogP contribution in [0.5, 0.6) is 0 Å². The van der Waals surface area contributed by atoms with E-state index in [0.717, 1.165) is 0 Å². The molecule has 10 rings (SSSR count). The third-order valence-corrected chi connectivity index (χ3v) is 10.7. The zero-order chi connectivity index (χ0) is 29.5. The van der Waals surface area contributed by atoms with Crippen molar-refractivity contribution in [2.45, 2.75) is 6.04 Å². The topological polar surface area (TPSA) is 6.25 Å². The highest BCUT2D eigenvalue weighted by Crippen LogP contribution is 2.55. The molecule has 1 aromatic heterocycles. The first-order chi connectivity index (χ1) is 22.3. The van der Waals surface area contributed by atoms with Gasteiger partial charge in [0.1, 0.15) is 11.7 Å². The summed E-state index contributed by atoms with van der Waals surface area (Å²) in [6, 6.07) is 51.0. The molecule has 0 fully saturated rings. The zero-order valence-corrected chi connectivity index (χ0v) is 25.2. The monoisotopic (exact) mass is 591 g/mol. The Morgan fingerprint density at radius 2 is 1.27 bits per heavy atom. The molecule has 0 saturated carbocycles. The van der Waals surface area contributed by atoms with Crippen molar-refractivity contribution in [3.63, 3.8) is 0 Å². The van der Waals surface area contributed by atoms with Gasteiger partial charge in [0, 0.05) is 50.0 Å². The molecule has 0 bridgehead atoms. The largest absolute Gasteiger partial charge is 0.318 e. The first kappa shape index (κ1) is 24.9. The number of para-hydroxylation sites is 2. The van der Waals surface area contributed by atoms with Crippen LogP contribution in [0.25, 0.3) is 48.0 Å². The summed E-state index contributed by atoms with van der Waals surface area (Å²) in [6.45, 7) is 0. The molecule has 0 amide bonds. The molecular formula is C42H27N2S+. The summed E-state index contributed by atoms with van der Waals surface area (Å²) in [4.78, 5) is 2.58. The van der Waals surface area contributed by atoms with Crippen molar-refractivity contribution < 1.29 is 0 Å². The highest BCUT2D eigenvalue weighted by atomic mass is 32.1. The molecule has 1 aliphatic carbocycles. The molecule has 1 unspecified atom stereocenters. The summed E-state index contributed by atoms with van der Waals surface area (Å²) < 4.78 is 5.23. The van der Waals surface area contributed by atoms with E-state index in [1.54, 1.807) is 0 Å². The SMILES string of the molecule is C1=CC2=[N+](c3cc(-c4ccccc4)cc(-c4ccccc4)c3)c3ccccc3N3c4ccc5c(sc6ccccc65)c4C(=C1)C23. The lowest BCUT2D eigenvalue weighted by atomic mass is 9.91. The Hall–Kier alpha value is -5.51. The van der Waals surface area contributed by atoms with Crippen LogP contribution < -0.4 is 9.48 Å². The van der Waals surface area contributed by atoms with E-state index in [9.17, 15) is 0 Å². The van der Waals surface area contributed by atoms with Crippen LogP contribution in [0.15, 0.2) is 158 Å². The van der Waals surface area contributed by atoms with Crippen molar-refractivity contribution in [2.75, 3.05) is 4.90 Å². The van der Waals surface area contributed by atoms with Crippen molar-refractivity contribution >= 4 is 65.5 Å². The number of benzene rings is 6. The van der Waals surface area contributed by atoms with E-state index in [1.165, 1.54) is 82.0 Å². The molecule has 2 aliphatic heterocycles. The molecule has 3 heterocycles. The maximum Gasteiger partial charge on any atom is 0.235 e. The van der Waals surface area contributed by atoms with Gasteiger partial charge >= 0.3 is 0 Å². The second-order valence-electron chi connectivity index (χ2n) is 11.9. The Morgan fingerprint density at radius 1 is 0.578 bits per heavy atom. The molecule has 0 radical (unpaired) electrons. The Balaban J connectivity index is 1.25. The number of fused-ring (bicyclic) bond motifs is 9. The number of nitrogens with zero attached hydrogens (tertiary/aromatic N) is 2. The first-order valence-corrected chi connectivity index (χ1v) is 16.3. The summed E-state index contributed by atoms with van der Waals surface area (Å²) in [5.74, 6) is 0. The van der Waals surface area contributed by atoms with Crippen LogP contribution in [-0.4, -0.2) is 11.8 Å². The quantitative estimate of drug-likeness (QED) is 0.185. The summed E-state index contributed by atoms with van der Waals surface area (Å²) in [5.41, 5.74) is 13.8. The predicted octanol–water partition coefficient (Wildman–Crippen LogP) is 11.2. The zero-order valence-electron chi connectivity index (χ0n) is 24.4.